The number of hydrogen-bond donors (Lipinski definition) is 1. The van der Waals surface area contributed by atoms with Crippen molar-refractivity contribution in [3.8, 4) is 0 Å². The van der Waals surface area contributed by atoms with Crippen LogP contribution in [0.5, 0.6) is 0 Å². The minimum atomic E-state index is 0.540. The third-order valence-electron chi connectivity index (χ3n) is 5.04. The van der Waals surface area contributed by atoms with Crippen LogP contribution in [0.15, 0.2) is 30.3 Å². The van der Waals surface area contributed by atoms with E-state index in [1.165, 1.54) is 31.2 Å². The summed E-state index contributed by atoms with van der Waals surface area (Å²) in [4.78, 5) is 6.44. The number of rotatable bonds is 5. The zero-order valence-electron chi connectivity index (χ0n) is 14.8. The van der Waals surface area contributed by atoms with Gasteiger partial charge in [-0.2, -0.15) is 0 Å². The van der Waals surface area contributed by atoms with Gasteiger partial charge in [0.25, 0.3) is 0 Å². The zero-order valence-corrected chi connectivity index (χ0v) is 15.6. The van der Waals surface area contributed by atoms with Gasteiger partial charge in [-0.15, -0.1) is 0 Å². The second-order valence-electron chi connectivity index (χ2n) is 6.95. The second kappa shape index (κ2) is 7.58. The Morgan fingerprint density at radius 2 is 2.00 bits per heavy atom. The Kier molecular flexibility index (Phi) is 5.47. The number of nitrogens with one attached hydrogen (secondary N) is 1. The van der Waals surface area contributed by atoms with E-state index in [1.807, 2.05) is 26.0 Å². The highest BCUT2D eigenvalue weighted by Gasteiger charge is 2.23. The molecular formula is C19H27ClN4. The number of aromatic nitrogens is 2. The molecule has 1 aliphatic carbocycles. The van der Waals surface area contributed by atoms with Crippen LogP contribution in [0.1, 0.15) is 42.9 Å². The molecule has 130 valence electrons. The lowest BCUT2D eigenvalue weighted by Gasteiger charge is -2.30. The van der Waals surface area contributed by atoms with Crippen molar-refractivity contribution in [2.75, 3.05) is 19.0 Å². The average molecular weight is 347 g/mol. The van der Waals surface area contributed by atoms with Gasteiger partial charge in [-0.25, -0.2) is 4.98 Å². The molecule has 1 aliphatic rings. The Labute approximate surface area is 149 Å². The number of anilines is 1. The second-order valence-corrected chi connectivity index (χ2v) is 7.31. The summed E-state index contributed by atoms with van der Waals surface area (Å²) in [5.41, 5.74) is 2.53. The number of benzene rings is 1. The largest absolute Gasteiger partial charge is 0.348 e. The standard InChI is InChI=1S/C19H27ClN4/c1-23(2)19-22-18(20)17(24(19)3)13-21-16-11-7-10-15(12-16)14-8-5-4-6-9-14/h4-6,8-9,15-16,21H,7,10-13H2,1-3H3. The monoisotopic (exact) mass is 346 g/mol. The molecule has 1 fully saturated rings. The normalized spacial score (nSPS) is 21.0. The van der Waals surface area contributed by atoms with Gasteiger partial charge < -0.3 is 14.8 Å². The molecule has 0 radical (unpaired) electrons. The minimum absolute atomic E-state index is 0.540. The first kappa shape index (κ1) is 17.3. The first-order valence-corrected chi connectivity index (χ1v) is 9.10. The third kappa shape index (κ3) is 3.76. The topological polar surface area (TPSA) is 33.1 Å². The fourth-order valence-electron chi connectivity index (χ4n) is 3.72. The average Bonchev–Trinajstić information content (AvgIpc) is 2.88. The summed E-state index contributed by atoms with van der Waals surface area (Å²) in [6.45, 7) is 0.766. The summed E-state index contributed by atoms with van der Waals surface area (Å²) in [7, 11) is 6.00. The number of hydrogen-bond acceptors (Lipinski definition) is 3. The van der Waals surface area contributed by atoms with E-state index in [4.69, 9.17) is 11.6 Å². The molecule has 1 heterocycles. The summed E-state index contributed by atoms with van der Waals surface area (Å²) in [5, 5.41) is 4.31. The number of imidazole rings is 1. The van der Waals surface area contributed by atoms with Gasteiger partial charge in [-0.1, -0.05) is 48.4 Å². The summed E-state index contributed by atoms with van der Waals surface area (Å²) >= 11 is 6.34. The zero-order chi connectivity index (χ0) is 17.1. The van der Waals surface area contributed by atoms with Gasteiger partial charge in [0.1, 0.15) is 0 Å². The molecule has 0 saturated heterocycles. The van der Waals surface area contributed by atoms with Gasteiger partial charge in [-0.3, -0.25) is 0 Å². The van der Waals surface area contributed by atoms with Crippen LogP contribution < -0.4 is 10.2 Å². The molecule has 2 aromatic rings. The molecule has 0 spiro atoms. The number of halogens is 1. The fraction of sp³-hybridized carbons (Fsp3) is 0.526. The van der Waals surface area contributed by atoms with Gasteiger partial charge >= 0.3 is 0 Å². The molecule has 0 aliphatic heterocycles. The van der Waals surface area contributed by atoms with Crippen molar-refractivity contribution in [3.05, 3.63) is 46.7 Å². The van der Waals surface area contributed by atoms with Crippen molar-refractivity contribution in [1.82, 2.24) is 14.9 Å². The summed E-state index contributed by atoms with van der Waals surface area (Å²) < 4.78 is 2.08. The highest BCUT2D eigenvalue weighted by Crippen LogP contribution is 2.33. The molecule has 1 aromatic carbocycles. The van der Waals surface area contributed by atoms with E-state index in [-0.39, 0.29) is 0 Å². The molecule has 2 atom stereocenters. The Bertz CT molecular complexity index is 666. The highest BCUT2D eigenvalue weighted by atomic mass is 35.5. The maximum Gasteiger partial charge on any atom is 0.206 e. The molecule has 4 nitrogen and oxygen atoms in total. The predicted molar refractivity (Wildman–Crippen MR) is 101 cm³/mol. The maximum absolute atomic E-state index is 6.34. The lowest BCUT2D eigenvalue weighted by atomic mass is 9.81. The fourth-order valence-corrected chi connectivity index (χ4v) is 3.99. The van der Waals surface area contributed by atoms with E-state index < -0.39 is 0 Å². The summed E-state index contributed by atoms with van der Waals surface area (Å²) in [6, 6.07) is 11.4. The van der Waals surface area contributed by atoms with Crippen molar-refractivity contribution < 1.29 is 0 Å². The van der Waals surface area contributed by atoms with Gasteiger partial charge in [0.05, 0.1) is 5.69 Å². The van der Waals surface area contributed by atoms with Gasteiger partial charge in [0, 0.05) is 33.7 Å². The molecule has 2 unspecified atom stereocenters. The van der Waals surface area contributed by atoms with Crippen molar-refractivity contribution >= 4 is 17.5 Å². The van der Waals surface area contributed by atoms with Crippen LogP contribution in [-0.4, -0.2) is 29.7 Å². The maximum atomic E-state index is 6.34. The first-order valence-electron chi connectivity index (χ1n) is 8.73. The van der Waals surface area contributed by atoms with E-state index in [9.17, 15) is 0 Å². The van der Waals surface area contributed by atoms with E-state index >= 15 is 0 Å². The van der Waals surface area contributed by atoms with Crippen LogP contribution in [-0.2, 0) is 13.6 Å². The van der Waals surface area contributed by atoms with Crippen LogP contribution >= 0.6 is 11.6 Å². The number of nitrogens with zero attached hydrogens (tertiary/aromatic N) is 3. The first-order chi connectivity index (χ1) is 11.6. The summed E-state index contributed by atoms with van der Waals surface area (Å²) in [5.74, 6) is 1.56. The third-order valence-corrected chi connectivity index (χ3v) is 5.35. The molecule has 1 N–H and O–H groups in total. The Balaban J connectivity index is 1.63. The van der Waals surface area contributed by atoms with Crippen LogP contribution in [0.2, 0.25) is 5.15 Å². The van der Waals surface area contributed by atoms with Crippen molar-refractivity contribution in [3.63, 3.8) is 0 Å². The van der Waals surface area contributed by atoms with Crippen molar-refractivity contribution in [2.45, 2.75) is 44.2 Å². The molecule has 24 heavy (non-hydrogen) atoms. The molecule has 0 amide bonds. The molecular weight excluding hydrogens is 320 g/mol. The molecule has 3 rings (SSSR count). The summed E-state index contributed by atoms with van der Waals surface area (Å²) in [6.07, 6.45) is 5.00. The minimum Gasteiger partial charge on any atom is -0.348 e. The van der Waals surface area contributed by atoms with E-state index in [1.54, 1.807) is 0 Å². The molecule has 0 bridgehead atoms. The van der Waals surface area contributed by atoms with Crippen molar-refractivity contribution in [1.29, 1.82) is 0 Å². The quantitative estimate of drug-likeness (QED) is 0.889. The van der Waals surface area contributed by atoms with Crippen LogP contribution in [0.25, 0.3) is 0 Å². The lowest BCUT2D eigenvalue weighted by Crippen LogP contribution is -2.33. The van der Waals surface area contributed by atoms with Crippen LogP contribution in [0.4, 0.5) is 5.95 Å². The van der Waals surface area contributed by atoms with E-state index in [0.29, 0.717) is 17.1 Å². The molecule has 1 saturated carbocycles. The predicted octanol–water partition coefficient (Wildman–Crippen LogP) is 3.96. The molecule has 5 heteroatoms. The molecule has 1 aromatic heterocycles. The van der Waals surface area contributed by atoms with Gasteiger partial charge in [0.2, 0.25) is 5.95 Å². The Morgan fingerprint density at radius 1 is 1.25 bits per heavy atom. The van der Waals surface area contributed by atoms with Crippen LogP contribution in [0.3, 0.4) is 0 Å². The van der Waals surface area contributed by atoms with Gasteiger partial charge in [-0.05, 0) is 30.7 Å². The van der Waals surface area contributed by atoms with Crippen LogP contribution in [0, 0.1) is 0 Å². The van der Waals surface area contributed by atoms with Gasteiger partial charge in [0.15, 0.2) is 5.15 Å². The SMILES string of the molecule is CN(C)c1nc(Cl)c(CNC2CCCC(c3ccccc3)C2)n1C. The van der Waals surface area contributed by atoms with E-state index in [2.05, 4.69) is 45.2 Å². The smallest absolute Gasteiger partial charge is 0.206 e. The Morgan fingerprint density at radius 3 is 2.67 bits per heavy atom. The Hall–Kier alpha value is -1.52. The highest BCUT2D eigenvalue weighted by molar-refractivity contribution is 6.30. The van der Waals surface area contributed by atoms with E-state index in [0.717, 1.165) is 18.2 Å². The van der Waals surface area contributed by atoms with Crippen molar-refractivity contribution in [2.24, 2.45) is 7.05 Å². The lowest BCUT2D eigenvalue weighted by molar-refractivity contribution is 0.336.